The van der Waals surface area contributed by atoms with Crippen molar-refractivity contribution in [2.75, 3.05) is 38.6 Å². The van der Waals surface area contributed by atoms with E-state index in [2.05, 4.69) is 25.6 Å². The molecule has 1 aromatic carbocycles. The lowest BCUT2D eigenvalue weighted by Gasteiger charge is -2.24. The fourth-order valence-electron chi connectivity index (χ4n) is 4.76. The highest BCUT2D eigenvalue weighted by molar-refractivity contribution is 6.02. The number of carbonyl (C=O) groups excluding carboxylic acids is 1. The summed E-state index contributed by atoms with van der Waals surface area (Å²) >= 11 is 0. The molecule has 2 aliphatic heterocycles. The molecule has 2 aliphatic rings. The Labute approximate surface area is 200 Å². The molecular formula is C24H27F3N6O2. The highest BCUT2D eigenvalue weighted by Crippen LogP contribution is 2.39. The smallest absolute Gasteiger partial charge is 0.380 e. The third kappa shape index (κ3) is 4.83. The molecule has 2 atom stereocenters. The first-order valence-corrected chi connectivity index (χ1v) is 11.7. The number of likely N-dealkylation sites (tertiary alicyclic amines) is 1. The maximum absolute atomic E-state index is 13.9. The average molecular weight is 489 g/mol. The van der Waals surface area contributed by atoms with Crippen molar-refractivity contribution >= 4 is 22.8 Å². The van der Waals surface area contributed by atoms with Crippen LogP contribution in [0.1, 0.15) is 35.2 Å². The van der Waals surface area contributed by atoms with Crippen LogP contribution in [0, 0.1) is 0 Å². The first-order valence-electron chi connectivity index (χ1n) is 11.7. The molecule has 0 saturated carbocycles. The summed E-state index contributed by atoms with van der Waals surface area (Å²) in [5.41, 5.74) is 0.221. The quantitative estimate of drug-likeness (QED) is 0.507. The topological polar surface area (TPSA) is 95.2 Å². The molecule has 8 nitrogen and oxygen atoms in total. The molecule has 2 saturated heterocycles. The first-order chi connectivity index (χ1) is 16.8. The zero-order valence-corrected chi connectivity index (χ0v) is 19.3. The summed E-state index contributed by atoms with van der Waals surface area (Å²) < 4.78 is 46.9. The molecule has 186 valence electrons. The average Bonchev–Trinajstić information content (AvgIpc) is 3.50. The number of methoxy groups -OCH3 is 1. The summed E-state index contributed by atoms with van der Waals surface area (Å²) in [6.07, 6.45) is 0.365. The summed E-state index contributed by atoms with van der Waals surface area (Å²) in [7, 11) is 1.63. The lowest BCUT2D eigenvalue weighted by Crippen LogP contribution is -2.38. The van der Waals surface area contributed by atoms with Gasteiger partial charge in [0.15, 0.2) is 0 Å². The summed E-state index contributed by atoms with van der Waals surface area (Å²) in [6.45, 7) is 2.74. The van der Waals surface area contributed by atoms with Crippen LogP contribution in [0.25, 0.3) is 22.2 Å². The second-order valence-corrected chi connectivity index (χ2v) is 9.00. The molecule has 11 heteroatoms. The summed E-state index contributed by atoms with van der Waals surface area (Å²) in [5, 5.41) is 6.96. The van der Waals surface area contributed by atoms with Crippen molar-refractivity contribution in [1.29, 1.82) is 0 Å². The number of nitrogens with zero attached hydrogens (tertiary/aromatic N) is 3. The lowest BCUT2D eigenvalue weighted by atomic mass is 10.0. The largest absolute Gasteiger partial charge is 0.419 e. The van der Waals surface area contributed by atoms with E-state index in [0.717, 1.165) is 32.0 Å². The standard InChI is InChI=1S/C24H27F3N6O2/c1-35-16-6-8-33(13-16)22(34)14-4-5-17-18(11-29-20(17)9-14)21-19(24(25,26)27)12-30-23(32-21)31-15-3-2-7-28-10-15/h4-5,9,11-12,15-16,28-29H,2-3,6-8,10,13H2,1H3,(H,30,31,32)/t15-,16+/m0/s1. The number of H-pyrrole nitrogens is 1. The van der Waals surface area contributed by atoms with E-state index >= 15 is 0 Å². The predicted molar refractivity (Wildman–Crippen MR) is 125 cm³/mol. The summed E-state index contributed by atoms with van der Waals surface area (Å²) in [6, 6.07) is 5.03. The number of aromatic nitrogens is 3. The van der Waals surface area contributed by atoms with Crippen LogP contribution in [0.4, 0.5) is 19.1 Å². The Bertz CT molecular complexity index is 1220. The second-order valence-electron chi connectivity index (χ2n) is 9.00. The summed E-state index contributed by atoms with van der Waals surface area (Å²) in [4.78, 5) is 25.9. The molecule has 1 amide bonds. The number of aromatic amines is 1. The number of rotatable bonds is 5. The minimum atomic E-state index is -4.62. The van der Waals surface area contributed by atoms with Crippen molar-refractivity contribution < 1.29 is 22.7 Å². The molecule has 0 spiro atoms. The maximum atomic E-state index is 13.9. The summed E-state index contributed by atoms with van der Waals surface area (Å²) in [5.74, 6) is 0.0257. The number of carbonyl (C=O) groups is 1. The van der Waals surface area contributed by atoms with E-state index in [4.69, 9.17) is 4.74 Å². The number of ether oxygens (including phenoxy) is 1. The van der Waals surface area contributed by atoms with Crippen LogP contribution in [0.5, 0.6) is 0 Å². The lowest BCUT2D eigenvalue weighted by molar-refractivity contribution is -0.137. The molecule has 0 unspecified atom stereocenters. The van der Waals surface area contributed by atoms with Gasteiger partial charge in [0.05, 0.1) is 11.8 Å². The number of benzene rings is 1. The molecule has 2 fully saturated rings. The highest BCUT2D eigenvalue weighted by atomic mass is 19.4. The van der Waals surface area contributed by atoms with Crippen molar-refractivity contribution in [2.24, 2.45) is 0 Å². The van der Waals surface area contributed by atoms with Gasteiger partial charge in [-0.25, -0.2) is 9.97 Å². The van der Waals surface area contributed by atoms with Crippen molar-refractivity contribution in [1.82, 2.24) is 25.2 Å². The number of hydrogen-bond donors (Lipinski definition) is 3. The van der Waals surface area contributed by atoms with Gasteiger partial charge in [-0.3, -0.25) is 4.79 Å². The van der Waals surface area contributed by atoms with Gasteiger partial charge in [0, 0.05) is 67.2 Å². The van der Waals surface area contributed by atoms with E-state index in [0.29, 0.717) is 41.7 Å². The molecule has 35 heavy (non-hydrogen) atoms. The van der Waals surface area contributed by atoms with Crippen LogP contribution in [0.2, 0.25) is 0 Å². The van der Waals surface area contributed by atoms with Gasteiger partial charge in [0.1, 0.15) is 5.56 Å². The number of anilines is 1. The normalized spacial score (nSPS) is 21.0. The van der Waals surface area contributed by atoms with Gasteiger partial charge in [0.2, 0.25) is 5.95 Å². The van der Waals surface area contributed by atoms with Crippen LogP contribution in [0.3, 0.4) is 0 Å². The van der Waals surface area contributed by atoms with E-state index in [9.17, 15) is 18.0 Å². The second kappa shape index (κ2) is 9.46. The molecule has 2 aromatic heterocycles. The Morgan fingerprint density at radius 1 is 1.29 bits per heavy atom. The van der Waals surface area contributed by atoms with Gasteiger partial charge in [-0.2, -0.15) is 13.2 Å². The Morgan fingerprint density at radius 3 is 2.86 bits per heavy atom. The van der Waals surface area contributed by atoms with Crippen LogP contribution < -0.4 is 10.6 Å². The number of halogens is 3. The number of alkyl halides is 3. The van der Waals surface area contributed by atoms with Crippen LogP contribution in [-0.4, -0.2) is 71.2 Å². The first kappa shape index (κ1) is 23.6. The van der Waals surface area contributed by atoms with E-state index in [-0.39, 0.29) is 29.7 Å². The number of piperidine rings is 1. The fraction of sp³-hybridized carbons (Fsp3) is 0.458. The van der Waals surface area contributed by atoms with E-state index in [1.807, 2.05) is 0 Å². The zero-order chi connectivity index (χ0) is 24.6. The third-order valence-corrected chi connectivity index (χ3v) is 6.67. The van der Waals surface area contributed by atoms with Crippen LogP contribution >= 0.6 is 0 Å². The minimum absolute atomic E-state index is 0.0190. The van der Waals surface area contributed by atoms with E-state index in [1.165, 1.54) is 6.20 Å². The number of fused-ring (bicyclic) bond motifs is 1. The molecule has 0 aliphatic carbocycles. The Hall–Kier alpha value is -3.18. The molecule has 3 N–H and O–H groups in total. The van der Waals surface area contributed by atoms with Crippen molar-refractivity contribution in [3.05, 3.63) is 41.7 Å². The van der Waals surface area contributed by atoms with Gasteiger partial charge in [0.25, 0.3) is 5.91 Å². The Kier molecular flexibility index (Phi) is 6.37. The zero-order valence-electron chi connectivity index (χ0n) is 19.3. The minimum Gasteiger partial charge on any atom is -0.380 e. The highest BCUT2D eigenvalue weighted by Gasteiger charge is 2.36. The fourth-order valence-corrected chi connectivity index (χ4v) is 4.76. The Balaban J connectivity index is 1.47. The molecular weight excluding hydrogens is 461 g/mol. The van der Waals surface area contributed by atoms with Crippen LogP contribution in [-0.2, 0) is 10.9 Å². The SMILES string of the molecule is CO[C@@H]1CCN(C(=O)c2ccc3c(-c4nc(N[C@H]5CCCNC5)ncc4C(F)(F)F)c[nH]c3c2)C1. The van der Waals surface area contributed by atoms with E-state index in [1.54, 1.807) is 30.2 Å². The molecule has 0 radical (unpaired) electrons. The third-order valence-electron chi connectivity index (χ3n) is 6.67. The van der Waals surface area contributed by atoms with Crippen molar-refractivity contribution in [2.45, 2.75) is 37.6 Å². The number of hydrogen-bond acceptors (Lipinski definition) is 6. The van der Waals surface area contributed by atoms with Crippen molar-refractivity contribution in [3.8, 4) is 11.3 Å². The van der Waals surface area contributed by atoms with Gasteiger partial charge in [-0.15, -0.1) is 0 Å². The van der Waals surface area contributed by atoms with Crippen molar-refractivity contribution in [3.63, 3.8) is 0 Å². The van der Waals surface area contributed by atoms with Gasteiger partial charge in [-0.05, 0) is 37.9 Å². The predicted octanol–water partition coefficient (Wildman–Crippen LogP) is 3.67. The van der Waals surface area contributed by atoms with Gasteiger partial charge >= 0.3 is 6.18 Å². The molecule has 3 aromatic rings. The molecule has 5 rings (SSSR count). The number of amides is 1. The van der Waals surface area contributed by atoms with Gasteiger partial charge < -0.3 is 25.3 Å². The monoisotopic (exact) mass is 488 g/mol. The maximum Gasteiger partial charge on any atom is 0.419 e. The molecule has 0 bridgehead atoms. The number of nitrogens with one attached hydrogen (secondary N) is 3. The Morgan fingerprint density at radius 2 is 2.14 bits per heavy atom. The van der Waals surface area contributed by atoms with Crippen LogP contribution in [0.15, 0.2) is 30.6 Å². The molecule has 4 heterocycles. The van der Waals surface area contributed by atoms with E-state index < -0.39 is 11.7 Å². The van der Waals surface area contributed by atoms with Gasteiger partial charge in [-0.1, -0.05) is 6.07 Å².